The van der Waals surface area contributed by atoms with Gasteiger partial charge >= 0.3 is 5.97 Å². The maximum absolute atomic E-state index is 11.9. The standard InChI is InChI=1S/C15H24N2O4/c1-3-7-17-12-5-6-15(20-8-9-21-15)10-11(12)13(16)14(18)19-4-2/h16-17H,3-10H2,1-2H3. The number of allylic oxidation sites excluding steroid dienone is 1. The number of hydrogen-bond donors (Lipinski definition) is 2. The van der Waals surface area contributed by atoms with Crippen LogP contribution in [0.3, 0.4) is 0 Å². The SMILES string of the molecule is CCCNC1=C(C(=N)C(=O)OCC)CC2(CC1)OCCO2. The molecule has 6 heteroatoms. The third-order valence-electron chi connectivity index (χ3n) is 3.75. The predicted molar refractivity (Wildman–Crippen MR) is 78.2 cm³/mol. The van der Waals surface area contributed by atoms with Crippen LogP contribution in [0, 0.1) is 5.41 Å². The van der Waals surface area contributed by atoms with E-state index in [0.717, 1.165) is 31.5 Å². The number of carbonyl (C=O) groups is 1. The second kappa shape index (κ2) is 7.04. The van der Waals surface area contributed by atoms with Crippen molar-refractivity contribution in [1.29, 1.82) is 5.41 Å². The van der Waals surface area contributed by atoms with E-state index in [1.165, 1.54) is 0 Å². The van der Waals surface area contributed by atoms with Gasteiger partial charge in [-0.3, -0.25) is 5.41 Å². The van der Waals surface area contributed by atoms with Gasteiger partial charge in [0.15, 0.2) is 5.79 Å². The lowest BCUT2D eigenvalue weighted by atomic mass is 9.88. The Hall–Kier alpha value is -1.40. The predicted octanol–water partition coefficient (Wildman–Crippen LogP) is 1.75. The molecule has 1 aliphatic heterocycles. The van der Waals surface area contributed by atoms with Crippen molar-refractivity contribution in [1.82, 2.24) is 5.32 Å². The van der Waals surface area contributed by atoms with Crippen LogP contribution in [0.2, 0.25) is 0 Å². The summed E-state index contributed by atoms with van der Waals surface area (Å²) in [6.45, 7) is 6.04. The Morgan fingerprint density at radius 3 is 2.71 bits per heavy atom. The first-order chi connectivity index (χ1) is 10.1. The van der Waals surface area contributed by atoms with Gasteiger partial charge in [0.1, 0.15) is 5.71 Å². The highest BCUT2D eigenvalue weighted by molar-refractivity contribution is 6.42. The third-order valence-corrected chi connectivity index (χ3v) is 3.75. The molecule has 0 saturated carbocycles. The lowest BCUT2D eigenvalue weighted by Gasteiger charge is -2.34. The Bertz CT molecular complexity index is 439. The summed E-state index contributed by atoms with van der Waals surface area (Å²) in [5.74, 6) is -1.25. The van der Waals surface area contributed by atoms with E-state index in [9.17, 15) is 4.79 Å². The molecule has 0 radical (unpaired) electrons. The average Bonchev–Trinajstić information content (AvgIpc) is 2.93. The van der Waals surface area contributed by atoms with Gasteiger partial charge in [-0.25, -0.2) is 4.79 Å². The molecule has 0 bridgehead atoms. The van der Waals surface area contributed by atoms with Crippen molar-refractivity contribution in [2.45, 2.75) is 45.3 Å². The summed E-state index contributed by atoms with van der Waals surface area (Å²) >= 11 is 0. The van der Waals surface area contributed by atoms with Gasteiger partial charge in [-0.15, -0.1) is 0 Å². The average molecular weight is 296 g/mol. The molecule has 0 aromatic carbocycles. The van der Waals surface area contributed by atoms with Crippen molar-refractivity contribution in [2.24, 2.45) is 0 Å². The van der Waals surface area contributed by atoms with Gasteiger partial charge in [0.2, 0.25) is 0 Å². The number of hydrogen-bond acceptors (Lipinski definition) is 6. The second-order valence-corrected chi connectivity index (χ2v) is 5.26. The summed E-state index contributed by atoms with van der Waals surface area (Å²) in [5, 5.41) is 11.4. The molecule has 1 spiro atoms. The summed E-state index contributed by atoms with van der Waals surface area (Å²) in [6, 6.07) is 0. The number of nitrogens with one attached hydrogen (secondary N) is 2. The summed E-state index contributed by atoms with van der Waals surface area (Å²) in [6.07, 6.45) is 2.88. The van der Waals surface area contributed by atoms with Crippen molar-refractivity contribution in [3.05, 3.63) is 11.3 Å². The van der Waals surface area contributed by atoms with Crippen molar-refractivity contribution in [3.8, 4) is 0 Å². The fourth-order valence-corrected chi connectivity index (χ4v) is 2.71. The van der Waals surface area contributed by atoms with Crippen LogP contribution in [0.15, 0.2) is 11.3 Å². The van der Waals surface area contributed by atoms with Crippen molar-refractivity contribution in [2.75, 3.05) is 26.4 Å². The van der Waals surface area contributed by atoms with E-state index in [1.807, 2.05) is 0 Å². The molecule has 21 heavy (non-hydrogen) atoms. The first-order valence-corrected chi connectivity index (χ1v) is 7.61. The molecule has 2 rings (SSSR count). The largest absolute Gasteiger partial charge is 0.461 e. The monoisotopic (exact) mass is 296 g/mol. The number of carbonyl (C=O) groups excluding carboxylic acids is 1. The molecule has 2 N–H and O–H groups in total. The van der Waals surface area contributed by atoms with E-state index in [2.05, 4.69) is 12.2 Å². The van der Waals surface area contributed by atoms with Gasteiger partial charge in [-0.1, -0.05) is 6.92 Å². The highest BCUT2D eigenvalue weighted by Gasteiger charge is 2.42. The highest BCUT2D eigenvalue weighted by atomic mass is 16.7. The van der Waals surface area contributed by atoms with Gasteiger partial charge in [-0.2, -0.15) is 0 Å². The molecule has 0 aromatic rings. The van der Waals surface area contributed by atoms with Crippen LogP contribution in [0.25, 0.3) is 0 Å². The van der Waals surface area contributed by atoms with Crippen LogP contribution in [-0.4, -0.2) is 43.8 Å². The van der Waals surface area contributed by atoms with E-state index >= 15 is 0 Å². The van der Waals surface area contributed by atoms with Gasteiger partial charge in [0.25, 0.3) is 0 Å². The third kappa shape index (κ3) is 3.63. The van der Waals surface area contributed by atoms with Gasteiger partial charge in [0, 0.05) is 30.7 Å². The quantitative estimate of drug-likeness (QED) is 0.576. The Morgan fingerprint density at radius 2 is 2.10 bits per heavy atom. The summed E-state index contributed by atoms with van der Waals surface area (Å²) < 4.78 is 16.4. The van der Waals surface area contributed by atoms with Crippen LogP contribution in [0.4, 0.5) is 0 Å². The Labute approximate surface area is 125 Å². The molecule has 6 nitrogen and oxygen atoms in total. The minimum absolute atomic E-state index is 0.0892. The van der Waals surface area contributed by atoms with Crippen LogP contribution >= 0.6 is 0 Å². The Kier molecular flexibility index (Phi) is 5.36. The summed E-state index contributed by atoms with van der Waals surface area (Å²) in [5.41, 5.74) is 1.52. The van der Waals surface area contributed by atoms with Crippen molar-refractivity contribution >= 4 is 11.7 Å². The Balaban J connectivity index is 2.20. The van der Waals surface area contributed by atoms with Crippen LogP contribution in [0.1, 0.15) is 39.5 Å². The molecule has 0 atom stereocenters. The minimum atomic E-state index is -0.661. The number of ether oxygens (including phenoxy) is 3. The second-order valence-electron chi connectivity index (χ2n) is 5.26. The molecule has 1 heterocycles. The molecule has 118 valence electrons. The minimum Gasteiger partial charge on any atom is -0.461 e. The molecule has 2 aliphatic rings. The Morgan fingerprint density at radius 1 is 1.38 bits per heavy atom. The van der Waals surface area contributed by atoms with Crippen LogP contribution < -0.4 is 5.32 Å². The smallest absolute Gasteiger partial charge is 0.356 e. The van der Waals surface area contributed by atoms with Crippen LogP contribution in [0.5, 0.6) is 0 Å². The highest BCUT2D eigenvalue weighted by Crippen LogP contribution is 2.38. The maximum atomic E-state index is 11.9. The lowest BCUT2D eigenvalue weighted by Crippen LogP contribution is -2.39. The maximum Gasteiger partial charge on any atom is 0.356 e. The van der Waals surface area contributed by atoms with Gasteiger partial charge in [0.05, 0.1) is 19.8 Å². The first kappa shape index (κ1) is 16.0. The molecular weight excluding hydrogens is 272 g/mol. The zero-order valence-electron chi connectivity index (χ0n) is 12.8. The number of rotatable bonds is 6. The molecule has 1 fully saturated rings. The summed E-state index contributed by atoms with van der Waals surface area (Å²) in [4.78, 5) is 11.9. The normalized spacial score (nSPS) is 20.7. The lowest BCUT2D eigenvalue weighted by molar-refractivity contribution is -0.163. The molecule has 0 amide bonds. The van der Waals surface area contributed by atoms with Gasteiger partial charge in [-0.05, 0) is 19.8 Å². The molecular formula is C15H24N2O4. The van der Waals surface area contributed by atoms with Crippen LogP contribution in [-0.2, 0) is 19.0 Å². The van der Waals surface area contributed by atoms with E-state index in [1.54, 1.807) is 6.92 Å². The topological polar surface area (TPSA) is 80.6 Å². The summed E-state index contributed by atoms with van der Waals surface area (Å²) in [7, 11) is 0. The van der Waals surface area contributed by atoms with E-state index in [-0.39, 0.29) is 12.3 Å². The molecule has 0 aromatic heterocycles. The van der Waals surface area contributed by atoms with Crippen molar-refractivity contribution < 1.29 is 19.0 Å². The van der Waals surface area contributed by atoms with E-state index < -0.39 is 11.8 Å². The number of esters is 1. The fourth-order valence-electron chi connectivity index (χ4n) is 2.71. The zero-order valence-corrected chi connectivity index (χ0v) is 12.8. The fraction of sp³-hybridized carbons (Fsp3) is 0.733. The molecule has 1 saturated heterocycles. The van der Waals surface area contributed by atoms with Gasteiger partial charge < -0.3 is 19.5 Å². The van der Waals surface area contributed by atoms with E-state index in [0.29, 0.717) is 25.2 Å². The van der Waals surface area contributed by atoms with E-state index in [4.69, 9.17) is 19.6 Å². The van der Waals surface area contributed by atoms with Crippen molar-refractivity contribution in [3.63, 3.8) is 0 Å². The first-order valence-electron chi connectivity index (χ1n) is 7.61. The zero-order chi connectivity index (χ0) is 15.3. The molecule has 1 aliphatic carbocycles. The molecule has 0 unspecified atom stereocenters.